The van der Waals surface area contributed by atoms with Crippen LogP contribution in [0.3, 0.4) is 0 Å². The van der Waals surface area contributed by atoms with Gasteiger partial charge >= 0.3 is 6.36 Å². The van der Waals surface area contributed by atoms with Crippen LogP contribution in [0.4, 0.5) is 18.9 Å². The lowest BCUT2D eigenvalue weighted by Crippen LogP contribution is -2.16. The molecule has 0 saturated heterocycles. The molecule has 0 unspecified atom stereocenters. The Morgan fingerprint density at radius 3 is 2.53 bits per heavy atom. The van der Waals surface area contributed by atoms with Crippen LogP contribution >= 0.6 is 0 Å². The molecule has 7 nitrogen and oxygen atoms in total. The average Bonchev–Trinajstić information content (AvgIpc) is 3.48. The second-order valence-corrected chi connectivity index (χ2v) is 7.26. The van der Waals surface area contributed by atoms with Crippen molar-refractivity contribution in [2.24, 2.45) is 0 Å². The van der Waals surface area contributed by atoms with Gasteiger partial charge in [0.2, 0.25) is 0 Å². The zero-order valence-corrected chi connectivity index (χ0v) is 17.3. The van der Waals surface area contributed by atoms with Gasteiger partial charge in [-0.15, -0.1) is 13.2 Å². The lowest BCUT2D eigenvalue weighted by Gasteiger charge is -2.09. The van der Waals surface area contributed by atoms with Crippen LogP contribution in [0.15, 0.2) is 83.6 Å². The number of anilines is 1. The molecule has 0 spiro atoms. The molecule has 0 aliphatic rings. The molecule has 5 aromatic rings. The van der Waals surface area contributed by atoms with Crippen molar-refractivity contribution in [1.29, 1.82) is 0 Å². The number of hydrogen-bond donors (Lipinski definition) is 2. The molecule has 0 fully saturated rings. The van der Waals surface area contributed by atoms with Gasteiger partial charge in [-0.05, 0) is 48.0 Å². The standard InChI is InChI=1S/C24H15F3N4O3/c25-24(26,27)34-18-8-6-14(7-9-18)16-12-19-22(28-13-16)31-21(30-19)15-3-1-4-17(11-15)29-23(32)20-5-2-10-33-20/h1-13H,(H,29,32)(H,28,30,31). The third kappa shape index (κ3) is 4.60. The van der Waals surface area contributed by atoms with Crippen LogP contribution in [-0.4, -0.2) is 27.2 Å². The molecule has 2 N–H and O–H groups in total. The Balaban J connectivity index is 1.38. The number of H-pyrrole nitrogens is 1. The van der Waals surface area contributed by atoms with E-state index in [1.807, 2.05) is 6.07 Å². The zero-order valence-electron chi connectivity index (χ0n) is 17.3. The molecule has 3 aromatic heterocycles. The highest BCUT2D eigenvalue weighted by molar-refractivity contribution is 6.02. The minimum atomic E-state index is -4.74. The second kappa shape index (κ2) is 8.39. The van der Waals surface area contributed by atoms with Gasteiger partial charge in [0.05, 0.1) is 11.8 Å². The number of aromatic nitrogens is 3. The predicted molar refractivity (Wildman–Crippen MR) is 118 cm³/mol. The quantitative estimate of drug-likeness (QED) is 0.331. The highest BCUT2D eigenvalue weighted by Gasteiger charge is 2.31. The van der Waals surface area contributed by atoms with E-state index in [9.17, 15) is 18.0 Å². The number of nitrogens with one attached hydrogen (secondary N) is 2. The number of benzene rings is 2. The van der Waals surface area contributed by atoms with Gasteiger partial charge in [0.25, 0.3) is 5.91 Å². The third-order valence-electron chi connectivity index (χ3n) is 4.90. The smallest absolute Gasteiger partial charge is 0.459 e. The monoisotopic (exact) mass is 464 g/mol. The molecular weight excluding hydrogens is 449 g/mol. The number of ether oxygens (including phenoxy) is 1. The summed E-state index contributed by atoms with van der Waals surface area (Å²) in [5.41, 5.74) is 3.77. The van der Waals surface area contributed by atoms with Crippen LogP contribution in [0.1, 0.15) is 10.6 Å². The Kier molecular flexibility index (Phi) is 5.25. The number of aromatic amines is 1. The molecule has 0 aliphatic heterocycles. The van der Waals surface area contributed by atoms with E-state index < -0.39 is 6.36 Å². The summed E-state index contributed by atoms with van der Waals surface area (Å²) in [7, 11) is 0. The fourth-order valence-electron chi connectivity index (χ4n) is 3.39. The van der Waals surface area contributed by atoms with Crippen molar-refractivity contribution in [2.75, 3.05) is 5.32 Å². The van der Waals surface area contributed by atoms with Crippen LogP contribution < -0.4 is 10.1 Å². The van der Waals surface area contributed by atoms with Gasteiger partial charge in [0, 0.05) is 23.0 Å². The van der Waals surface area contributed by atoms with Crippen molar-refractivity contribution in [1.82, 2.24) is 15.0 Å². The van der Waals surface area contributed by atoms with E-state index in [0.717, 1.165) is 5.56 Å². The molecule has 5 rings (SSSR count). The topological polar surface area (TPSA) is 93.0 Å². The molecule has 0 radical (unpaired) electrons. The lowest BCUT2D eigenvalue weighted by molar-refractivity contribution is -0.274. The molecular formula is C24H15F3N4O3. The number of amides is 1. The van der Waals surface area contributed by atoms with Gasteiger partial charge in [-0.2, -0.15) is 0 Å². The number of alkyl halides is 3. The Hall–Kier alpha value is -4.60. The molecule has 34 heavy (non-hydrogen) atoms. The predicted octanol–water partition coefficient (Wildman–Crippen LogP) is 6.04. The molecule has 2 aromatic carbocycles. The summed E-state index contributed by atoms with van der Waals surface area (Å²) in [6, 6.07) is 17.7. The van der Waals surface area contributed by atoms with E-state index in [2.05, 4.69) is 25.0 Å². The van der Waals surface area contributed by atoms with Gasteiger partial charge < -0.3 is 19.5 Å². The van der Waals surface area contributed by atoms with Gasteiger partial charge in [-0.25, -0.2) is 9.97 Å². The van der Waals surface area contributed by atoms with Crippen molar-refractivity contribution < 1.29 is 27.1 Å². The summed E-state index contributed by atoms with van der Waals surface area (Å²) in [6.45, 7) is 0. The van der Waals surface area contributed by atoms with Crippen molar-refractivity contribution in [3.05, 3.63) is 85.0 Å². The maximum Gasteiger partial charge on any atom is 0.573 e. The van der Waals surface area contributed by atoms with Gasteiger partial charge in [-0.3, -0.25) is 4.79 Å². The van der Waals surface area contributed by atoms with E-state index in [0.29, 0.717) is 33.8 Å². The Labute approximate surface area is 190 Å². The van der Waals surface area contributed by atoms with Crippen LogP contribution in [0.25, 0.3) is 33.7 Å². The molecule has 170 valence electrons. The highest BCUT2D eigenvalue weighted by atomic mass is 19.4. The number of furan rings is 1. The summed E-state index contributed by atoms with van der Waals surface area (Å²) in [6.07, 6.45) is -1.73. The number of carbonyl (C=O) groups is 1. The summed E-state index contributed by atoms with van der Waals surface area (Å²) in [5, 5.41) is 2.77. The first-order chi connectivity index (χ1) is 16.3. The second-order valence-electron chi connectivity index (χ2n) is 7.26. The Morgan fingerprint density at radius 1 is 0.971 bits per heavy atom. The van der Waals surface area contributed by atoms with Gasteiger partial charge in [-0.1, -0.05) is 24.3 Å². The van der Waals surface area contributed by atoms with E-state index in [-0.39, 0.29) is 17.4 Å². The van der Waals surface area contributed by atoms with Crippen LogP contribution in [0, 0.1) is 0 Å². The average molecular weight is 464 g/mol. The SMILES string of the molecule is O=C(Nc1cccc(-c2nc3ncc(-c4ccc(OC(F)(F)F)cc4)cc3[nH]2)c1)c1ccco1. The summed E-state index contributed by atoms with van der Waals surface area (Å²) < 4.78 is 46.1. The van der Waals surface area contributed by atoms with Crippen molar-refractivity contribution in [3.8, 4) is 28.3 Å². The minimum absolute atomic E-state index is 0.198. The summed E-state index contributed by atoms with van der Waals surface area (Å²) in [5.74, 6) is 0.0735. The van der Waals surface area contributed by atoms with Gasteiger partial charge in [0.15, 0.2) is 11.4 Å². The molecule has 0 atom stereocenters. The zero-order chi connectivity index (χ0) is 23.7. The van der Waals surface area contributed by atoms with Crippen LogP contribution in [0.2, 0.25) is 0 Å². The maximum atomic E-state index is 12.4. The molecule has 0 aliphatic carbocycles. The third-order valence-corrected chi connectivity index (χ3v) is 4.90. The Morgan fingerprint density at radius 2 is 1.79 bits per heavy atom. The molecule has 0 bridgehead atoms. The first kappa shape index (κ1) is 21.3. The number of pyridine rings is 1. The van der Waals surface area contributed by atoms with Crippen molar-refractivity contribution in [3.63, 3.8) is 0 Å². The number of carbonyl (C=O) groups excluding carboxylic acids is 1. The summed E-state index contributed by atoms with van der Waals surface area (Å²) in [4.78, 5) is 24.3. The molecule has 10 heteroatoms. The van der Waals surface area contributed by atoms with E-state index in [1.165, 1.54) is 30.5 Å². The van der Waals surface area contributed by atoms with E-state index in [1.54, 1.807) is 42.6 Å². The fraction of sp³-hybridized carbons (Fsp3) is 0.0417. The number of hydrogen-bond acceptors (Lipinski definition) is 5. The first-order valence-corrected chi connectivity index (χ1v) is 10.0. The summed E-state index contributed by atoms with van der Waals surface area (Å²) >= 11 is 0. The minimum Gasteiger partial charge on any atom is -0.459 e. The molecule has 0 saturated carbocycles. The number of nitrogens with zero attached hydrogens (tertiary/aromatic N) is 2. The molecule has 3 heterocycles. The van der Waals surface area contributed by atoms with E-state index in [4.69, 9.17) is 4.42 Å². The number of fused-ring (bicyclic) bond motifs is 1. The molecule has 1 amide bonds. The fourth-order valence-corrected chi connectivity index (χ4v) is 3.39. The highest BCUT2D eigenvalue weighted by Crippen LogP contribution is 2.29. The van der Waals surface area contributed by atoms with Crippen LogP contribution in [0.5, 0.6) is 5.75 Å². The number of imidazole rings is 1. The van der Waals surface area contributed by atoms with Crippen molar-refractivity contribution in [2.45, 2.75) is 6.36 Å². The number of rotatable bonds is 5. The van der Waals surface area contributed by atoms with E-state index >= 15 is 0 Å². The van der Waals surface area contributed by atoms with Crippen LogP contribution in [-0.2, 0) is 0 Å². The van der Waals surface area contributed by atoms with Crippen molar-refractivity contribution >= 4 is 22.8 Å². The maximum absolute atomic E-state index is 12.4. The first-order valence-electron chi connectivity index (χ1n) is 10.0. The number of halogens is 3. The Bertz CT molecular complexity index is 1460. The normalized spacial score (nSPS) is 11.5. The lowest BCUT2D eigenvalue weighted by atomic mass is 10.1. The largest absolute Gasteiger partial charge is 0.573 e. The van der Waals surface area contributed by atoms with Gasteiger partial charge in [0.1, 0.15) is 11.6 Å².